The van der Waals surface area contributed by atoms with Crippen molar-refractivity contribution < 1.29 is 9.53 Å². The number of aromatic nitrogens is 2. The van der Waals surface area contributed by atoms with Crippen LogP contribution in [0.25, 0.3) is 0 Å². The highest BCUT2D eigenvalue weighted by molar-refractivity contribution is 7.09. The first kappa shape index (κ1) is 16.3. The maximum Gasteiger partial charge on any atom is 0.220 e. The van der Waals surface area contributed by atoms with Gasteiger partial charge in [0.1, 0.15) is 5.82 Å². The van der Waals surface area contributed by atoms with Crippen molar-refractivity contribution in [3.63, 3.8) is 0 Å². The molecule has 0 atom stereocenters. The van der Waals surface area contributed by atoms with E-state index in [9.17, 15) is 4.79 Å². The normalized spacial score (nSPS) is 23.4. The van der Waals surface area contributed by atoms with E-state index in [4.69, 9.17) is 9.72 Å². The maximum atomic E-state index is 12.2. The number of ether oxygens (including phenoxy) is 1. The summed E-state index contributed by atoms with van der Waals surface area (Å²) in [6, 6.07) is 0.313. The molecular weight excluding hydrogens is 324 g/mol. The molecule has 3 fully saturated rings. The van der Waals surface area contributed by atoms with Gasteiger partial charge in [-0.25, -0.2) is 4.98 Å². The lowest BCUT2D eigenvalue weighted by Crippen LogP contribution is -2.41. The van der Waals surface area contributed by atoms with Crippen LogP contribution < -0.4 is 10.2 Å². The largest absolute Gasteiger partial charge is 0.381 e. The van der Waals surface area contributed by atoms with Gasteiger partial charge in [0.25, 0.3) is 0 Å². The first-order valence-corrected chi connectivity index (χ1v) is 10.0. The van der Waals surface area contributed by atoms with Crippen LogP contribution in [-0.2, 0) is 9.53 Å². The van der Waals surface area contributed by atoms with Crippen molar-refractivity contribution >= 4 is 22.6 Å². The Bertz CT molecular complexity index is 561. The van der Waals surface area contributed by atoms with E-state index in [0.717, 1.165) is 62.9 Å². The molecule has 3 heterocycles. The minimum absolute atomic E-state index is 0.215. The van der Waals surface area contributed by atoms with Gasteiger partial charge in [0, 0.05) is 56.2 Å². The average Bonchev–Trinajstić information content (AvgIpc) is 3.34. The summed E-state index contributed by atoms with van der Waals surface area (Å²) in [7, 11) is 0. The van der Waals surface area contributed by atoms with Crippen LogP contribution in [0.4, 0.5) is 5.13 Å². The number of amides is 1. The lowest BCUT2D eigenvalue weighted by Gasteiger charge is -2.31. The molecule has 0 unspecified atom stereocenters. The Morgan fingerprint density at radius 1 is 1.17 bits per heavy atom. The number of carbonyl (C=O) groups is 1. The van der Waals surface area contributed by atoms with Gasteiger partial charge >= 0.3 is 0 Å². The van der Waals surface area contributed by atoms with Crippen LogP contribution in [0.3, 0.4) is 0 Å². The van der Waals surface area contributed by atoms with Gasteiger partial charge in [-0.1, -0.05) is 0 Å². The number of hydrogen-bond acceptors (Lipinski definition) is 6. The number of nitrogens with one attached hydrogen (secondary N) is 1. The van der Waals surface area contributed by atoms with Crippen LogP contribution in [0.15, 0.2) is 0 Å². The van der Waals surface area contributed by atoms with E-state index in [2.05, 4.69) is 14.6 Å². The van der Waals surface area contributed by atoms with Gasteiger partial charge in [-0.3, -0.25) is 4.79 Å². The van der Waals surface area contributed by atoms with Crippen LogP contribution in [0.1, 0.15) is 56.7 Å². The van der Waals surface area contributed by atoms with Crippen molar-refractivity contribution in [3.05, 3.63) is 5.82 Å². The monoisotopic (exact) mass is 350 g/mol. The Kier molecular flexibility index (Phi) is 4.98. The fourth-order valence-electron chi connectivity index (χ4n) is 3.58. The highest BCUT2D eigenvalue weighted by atomic mass is 32.1. The molecule has 1 N–H and O–H groups in total. The number of carbonyl (C=O) groups excluding carboxylic acids is 1. The van der Waals surface area contributed by atoms with Crippen LogP contribution in [-0.4, -0.2) is 47.6 Å². The van der Waals surface area contributed by atoms with E-state index in [0.29, 0.717) is 24.3 Å². The first-order valence-electron chi connectivity index (χ1n) is 9.23. The molecule has 7 heteroatoms. The summed E-state index contributed by atoms with van der Waals surface area (Å²) >= 11 is 1.54. The Balaban J connectivity index is 1.21. The Hall–Kier alpha value is -1.21. The number of nitrogens with zero attached hydrogens (tertiary/aromatic N) is 3. The second-order valence-corrected chi connectivity index (χ2v) is 8.03. The summed E-state index contributed by atoms with van der Waals surface area (Å²) in [5.41, 5.74) is 0. The number of rotatable bonds is 5. The average molecular weight is 350 g/mol. The topological polar surface area (TPSA) is 67.4 Å². The van der Waals surface area contributed by atoms with Gasteiger partial charge in [-0.15, -0.1) is 0 Å². The Morgan fingerprint density at radius 2 is 1.92 bits per heavy atom. The number of piperidine rings is 1. The fraction of sp³-hybridized carbons (Fsp3) is 0.824. The molecule has 132 valence electrons. The number of anilines is 1. The highest BCUT2D eigenvalue weighted by Gasteiger charge is 2.30. The van der Waals surface area contributed by atoms with Crippen molar-refractivity contribution in [1.82, 2.24) is 14.7 Å². The summed E-state index contributed by atoms with van der Waals surface area (Å²) in [6.45, 7) is 3.53. The van der Waals surface area contributed by atoms with Crippen molar-refractivity contribution in [3.8, 4) is 0 Å². The second-order valence-electron chi connectivity index (χ2n) is 7.30. The summed E-state index contributed by atoms with van der Waals surface area (Å²) in [5, 5.41) is 4.25. The second kappa shape index (κ2) is 7.35. The van der Waals surface area contributed by atoms with E-state index >= 15 is 0 Å². The minimum atomic E-state index is 0.215. The Morgan fingerprint density at radius 3 is 2.62 bits per heavy atom. The van der Waals surface area contributed by atoms with Crippen LogP contribution in [0.5, 0.6) is 0 Å². The summed E-state index contributed by atoms with van der Waals surface area (Å²) in [4.78, 5) is 19.3. The standard InChI is InChI=1S/C17H26N4O2S/c22-15(18-14-5-9-23-10-6-14)11-12-3-7-21(8-4-12)17-19-16(20-24-17)13-1-2-13/h12-14H,1-11H2,(H,18,22). The van der Waals surface area contributed by atoms with E-state index < -0.39 is 0 Å². The van der Waals surface area contributed by atoms with Gasteiger partial charge in [0.05, 0.1) is 0 Å². The lowest BCUT2D eigenvalue weighted by atomic mass is 9.93. The van der Waals surface area contributed by atoms with Crippen molar-refractivity contribution in [2.45, 2.75) is 56.9 Å². The van der Waals surface area contributed by atoms with Gasteiger partial charge in [0.15, 0.2) is 0 Å². The molecule has 0 aromatic carbocycles. The van der Waals surface area contributed by atoms with Crippen LogP contribution in [0.2, 0.25) is 0 Å². The third-order valence-electron chi connectivity index (χ3n) is 5.32. The van der Waals surface area contributed by atoms with Gasteiger partial charge in [0.2, 0.25) is 11.0 Å². The zero-order valence-electron chi connectivity index (χ0n) is 14.1. The maximum absolute atomic E-state index is 12.2. The summed E-state index contributed by atoms with van der Waals surface area (Å²) in [5.74, 6) is 2.39. The van der Waals surface area contributed by atoms with Crippen LogP contribution in [0, 0.1) is 5.92 Å². The van der Waals surface area contributed by atoms with E-state index in [1.165, 1.54) is 24.4 Å². The predicted octanol–water partition coefficient (Wildman–Crippen LogP) is 2.32. The molecule has 0 radical (unpaired) electrons. The molecular formula is C17H26N4O2S. The van der Waals surface area contributed by atoms with Crippen molar-refractivity contribution in [2.75, 3.05) is 31.2 Å². The van der Waals surface area contributed by atoms with E-state index in [1.807, 2.05) is 0 Å². The molecule has 2 aliphatic heterocycles. The summed E-state index contributed by atoms with van der Waals surface area (Å²) < 4.78 is 9.84. The van der Waals surface area contributed by atoms with Gasteiger partial charge in [-0.05, 0) is 44.4 Å². The lowest BCUT2D eigenvalue weighted by molar-refractivity contribution is -0.123. The zero-order chi connectivity index (χ0) is 16.4. The third kappa shape index (κ3) is 4.06. The van der Waals surface area contributed by atoms with Crippen molar-refractivity contribution in [2.24, 2.45) is 5.92 Å². The fourth-order valence-corrected chi connectivity index (χ4v) is 4.38. The summed E-state index contributed by atoms with van der Waals surface area (Å²) in [6.07, 6.45) is 7.20. The molecule has 4 rings (SSSR count). The molecule has 6 nitrogen and oxygen atoms in total. The minimum Gasteiger partial charge on any atom is -0.381 e. The van der Waals surface area contributed by atoms with E-state index in [1.54, 1.807) is 0 Å². The quantitative estimate of drug-likeness (QED) is 0.883. The Labute approximate surface area is 147 Å². The van der Waals surface area contributed by atoms with Crippen molar-refractivity contribution in [1.29, 1.82) is 0 Å². The molecule has 24 heavy (non-hydrogen) atoms. The molecule has 1 amide bonds. The molecule has 2 saturated heterocycles. The molecule has 0 bridgehead atoms. The molecule has 1 saturated carbocycles. The molecule has 3 aliphatic rings. The molecule has 0 spiro atoms. The van der Waals surface area contributed by atoms with Crippen LogP contribution >= 0.6 is 11.5 Å². The molecule has 1 aliphatic carbocycles. The zero-order valence-corrected chi connectivity index (χ0v) is 14.9. The smallest absolute Gasteiger partial charge is 0.220 e. The van der Waals surface area contributed by atoms with Gasteiger partial charge in [-0.2, -0.15) is 4.37 Å². The van der Waals surface area contributed by atoms with E-state index in [-0.39, 0.29) is 5.91 Å². The first-order chi connectivity index (χ1) is 11.8. The van der Waals surface area contributed by atoms with Gasteiger partial charge < -0.3 is 15.0 Å². The number of hydrogen-bond donors (Lipinski definition) is 1. The highest BCUT2D eigenvalue weighted by Crippen LogP contribution is 2.40. The molecule has 1 aromatic rings. The SMILES string of the molecule is O=C(CC1CCN(c2nc(C3CC3)ns2)CC1)NC1CCOCC1. The molecule has 1 aromatic heterocycles. The third-order valence-corrected chi connectivity index (χ3v) is 6.11. The predicted molar refractivity (Wildman–Crippen MR) is 93.4 cm³/mol.